The van der Waals surface area contributed by atoms with Crippen molar-refractivity contribution in [3.63, 3.8) is 0 Å². The summed E-state index contributed by atoms with van der Waals surface area (Å²) in [6.07, 6.45) is 0. The lowest BCUT2D eigenvalue weighted by Gasteiger charge is -2.02. The van der Waals surface area contributed by atoms with E-state index in [1.54, 1.807) is 24.3 Å². The number of benzene rings is 2. The van der Waals surface area contributed by atoms with Gasteiger partial charge in [0.15, 0.2) is 0 Å². The smallest absolute Gasteiger partial charge is 0.262 e. The third-order valence-corrected chi connectivity index (χ3v) is 3.31. The number of aromatic hydroxyl groups is 1. The van der Waals surface area contributed by atoms with Gasteiger partial charge in [-0.1, -0.05) is 28.9 Å². The van der Waals surface area contributed by atoms with E-state index >= 15 is 0 Å². The molecular weight excluding hydrogens is 292 g/mol. The van der Waals surface area contributed by atoms with Crippen LogP contribution >= 0.6 is 11.6 Å². The molecule has 0 bridgehead atoms. The van der Waals surface area contributed by atoms with E-state index in [9.17, 15) is 5.11 Å². The van der Waals surface area contributed by atoms with Crippen molar-refractivity contribution in [3.8, 4) is 34.3 Å². The standard InChI is InChI=1S/C15H11ClN2O3/c1-20-9-6-7-11(13(19)8-9)15-17-14(18-21-15)10-4-2-3-5-12(10)16/h2-8,19H,1H3. The van der Waals surface area contributed by atoms with E-state index in [1.165, 1.54) is 13.2 Å². The molecule has 21 heavy (non-hydrogen) atoms. The summed E-state index contributed by atoms with van der Waals surface area (Å²) < 4.78 is 10.2. The molecule has 3 rings (SSSR count). The van der Waals surface area contributed by atoms with Crippen LogP contribution in [0.3, 0.4) is 0 Å². The number of phenols is 1. The maximum Gasteiger partial charge on any atom is 0.262 e. The third kappa shape index (κ3) is 2.55. The minimum atomic E-state index is 0.00343. The lowest BCUT2D eigenvalue weighted by atomic mass is 10.2. The van der Waals surface area contributed by atoms with Crippen molar-refractivity contribution in [2.24, 2.45) is 0 Å². The van der Waals surface area contributed by atoms with E-state index in [0.717, 1.165) is 0 Å². The van der Waals surface area contributed by atoms with Crippen LogP contribution < -0.4 is 4.74 Å². The minimum absolute atomic E-state index is 0.00343. The number of rotatable bonds is 3. The van der Waals surface area contributed by atoms with E-state index < -0.39 is 0 Å². The Labute approximate surface area is 125 Å². The minimum Gasteiger partial charge on any atom is -0.507 e. The van der Waals surface area contributed by atoms with Gasteiger partial charge in [-0.25, -0.2) is 0 Å². The molecule has 0 amide bonds. The largest absolute Gasteiger partial charge is 0.507 e. The van der Waals surface area contributed by atoms with E-state index in [1.807, 2.05) is 12.1 Å². The number of halogens is 1. The van der Waals surface area contributed by atoms with E-state index in [0.29, 0.717) is 27.7 Å². The molecule has 0 atom stereocenters. The highest BCUT2D eigenvalue weighted by Gasteiger charge is 2.15. The Kier molecular flexibility index (Phi) is 3.50. The van der Waals surface area contributed by atoms with Crippen LogP contribution in [0.25, 0.3) is 22.8 Å². The normalized spacial score (nSPS) is 10.6. The molecule has 1 heterocycles. The van der Waals surface area contributed by atoms with Gasteiger partial charge in [-0.3, -0.25) is 0 Å². The Morgan fingerprint density at radius 1 is 1.14 bits per heavy atom. The highest BCUT2D eigenvalue weighted by Crippen LogP contribution is 2.33. The Morgan fingerprint density at radius 2 is 1.95 bits per heavy atom. The maximum atomic E-state index is 9.98. The molecule has 0 saturated heterocycles. The quantitative estimate of drug-likeness (QED) is 0.797. The summed E-state index contributed by atoms with van der Waals surface area (Å²) in [7, 11) is 1.52. The zero-order chi connectivity index (χ0) is 14.8. The number of nitrogens with zero attached hydrogens (tertiary/aromatic N) is 2. The van der Waals surface area contributed by atoms with Crippen LogP contribution in [0.2, 0.25) is 5.02 Å². The Balaban J connectivity index is 2.01. The summed E-state index contributed by atoms with van der Waals surface area (Å²) in [6.45, 7) is 0. The van der Waals surface area contributed by atoms with Crippen LogP contribution in [-0.4, -0.2) is 22.4 Å². The van der Waals surface area contributed by atoms with Gasteiger partial charge in [0.1, 0.15) is 11.5 Å². The average molecular weight is 303 g/mol. The first-order valence-corrected chi connectivity index (χ1v) is 6.53. The number of ether oxygens (including phenoxy) is 1. The van der Waals surface area contributed by atoms with E-state index in [-0.39, 0.29) is 11.6 Å². The molecule has 0 unspecified atom stereocenters. The second-order valence-corrected chi connectivity index (χ2v) is 4.69. The van der Waals surface area contributed by atoms with Crippen molar-refractivity contribution in [1.29, 1.82) is 0 Å². The van der Waals surface area contributed by atoms with Crippen LogP contribution in [-0.2, 0) is 0 Å². The van der Waals surface area contributed by atoms with Gasteiger partial charge in [0, 0.05) is 11.6 Å². The van der Waals surface area contributed by atoms with Gasteiger partial charge in [0.2, 0.25) is 5.82 Å². The Hall–Kier alpha value is -2.53. The summed E-state index contributed by atoms with van der Waals surface area (Å²) in [5.41, 5.74) is 1.10. The number of hydrogen-bond donors (Lipinski definition) is 1. The zero-order valence-electron chi connectivity index (χ0n) is 11.1. The second kappa shape index (κ2) is 5.46. The zero-order valence-corrected chi connectivity index (χ0v) is 11.8. The van der Waals surface area contributed by atoms with Crippen LogP contribution in [0.1, 0.15) is 0 Å². The summed E-state index contributed by atoms with van der Waals surface area (Å²) >= 11 is 6.10. The second-order valence-electron chi connectivity index (χ2n) is 4.29. The maximum absolute atomic E-state index is 9.98. The van der Waals surface area contributed by atoms with Gasteiger partial charge in [-0.2, -0.15) is 4.98 Å². The summed E-state index contributed by atoms with van der Waals surface area (Å²) in [4.78, 5) is 4.26. The molecule has 0 aliphatic rings. The van der Waals surface area contributed by atoms with E-state index in [2.05, 4.69) is 10.1 Å². The lowest BCUT2D eigenvalue weighted by molar-refractivity contribution is 0.405. The summed E-state index contributed by atoms with van der Waals surface area (Å²) in [6, 6.07) is 12.0. The number of hydrogen-bond acceptors (Lipinski definition) is 5. The van der Waals surface area contributed by atoms with Crippen molar-refractivity contribution in [1.82, 2.24) is 10.1 Å². The molecular formula is C15H11ClN2O3. The van der Waals surface area contributed by atoms with Crippen LogP contribution in [0.5, 0.6) is 11.5 Å². The summed E-state index contributed by atoms with van der Waals surface area (Å²) in [5.74, 6) is 1.13. The third-order valence-electron chi connectivity index (χ3n) is 2.98. The molecule has 2 aromatic carbocycles. The molecule has 106 valence electrons. The van der Waals surface area contributed by atoms with Gasteiger partial charge in [-0.05, 0) is 24.3 Å². The van der Waals surface area contributed by atoms with Crippen molar-refractivity contribution in [3.05, 3.63) is 47.5 Å². The topological polar surface area (TPSA) is 68.4 Å². The molecule has 1 N–H and O–H groups in total. The molecule has 0 aliphatic carbocycles. The van der Waals surface area contributed by atoms with Crippen LogP contribution in [0.4, 0.5) is 0 Å². The fourth-order valence-electron chi connectivity index (χ4n) is 1.90. The fraction of sp³-hybridized carbons (Fsp3) is 0.0667. The predicted molar refractivity (Wildman–Crippen MR) is 78.4 cm³/mol. The summed E-state index contributed by atoms with van der Waals surface area (Å²) in [5, 5.41) is 14.4. The van der Waals surface area contributed by atoms with Crippen molar-refractivity contribution in [2.45, 2.75) is 0 Å². The highest BCUT2D eigenvalue weighted by atomic mass is 35.5. The highest BCUT2D eigenvalue weighted by molar-refractivity contribution is 6.33. The molecule has 0 aliphatic heterocycles. The van der Waals surface area contributed by atoms with Gasteiger partial charge in [0.25, 0.3) is 5.89 Å². The number of phenolic OH excluding ortho intramolecular Hbond substituents is 1. The van der Waals surface area contributed by atoms with Crippen molar-refractivity contribution in [2.75, 3.05) is 7.11 Å². The molecule has 6 heteroatoms. The van der Waals surface area contributed by atoms with E-state index in [4.69, 9.17) is 20.9 Å². The molecule has 0 radical (unpaired) electrons. The molecule has 0 saturated carbocycles. The number of aromatic nitrogens is 2. The first-order chi connectivity index (χ1) is 10.2. The van der Waals surface area contributed by atoms with Gasteiger partial charge in [-0.15, -0.1) is 0 Å². The molecule has 0 spiro atoms. The molecule has 5 nitrogen and oxygen atoms in total. The predicted octanol–water partition coefficient (Wildman–Crippen LogP) is 3.77. The first kappa shape index (κ1) is 13.5. The first-order valence-electron chi connectivity index (χ1n) is 6.15. The lowest BCUT2D eigenvalue weighted by Crippen LogP contribution is -1.85. The van der Waals surface area contributed by atoms with Gasteiger partial charge >= 0.3 is 0 Å². The monoisotopic (exact) mass is 302 g/mol. The molecule has 1 aromatic heterocycles. The average Bonchev–Trinajstić information content (AvgIpc) is 2.97. The Bertz CT molecular complexity index is 786. The fourth-order valence-corrected chi connectivity index (χ4v) is 2.12. The van der Waals surface area contributed by atoms with Gasteiger partial charge in [0.05, 0.1) is 17.7 Å². The Morgan fingerprint density at radius 3 is 2.67 bits per heavy atom. The van der Waals surface area contributed by atoms with Crippen molar-refractivity contribution >= 4 is 11.6 Å². The number of methoxy groups -OCH3 is 1. The SMILES string of the molecule is COc1ccc(-c2nc(-c3ccccc3Cl)no2)c(O)c1. The molecule has 0 fully saturated rings. The van der Waals surface area contributed by atoms with Crippen LogP contribution in [0, 0.1) is 0 Å². The van der Waals surface area contributed by atoms with Crippen molar-refractivity contribution < 1.29 is 14.4 Å². The van der Waals surface area contributed by atoms with Gasteiger partial charge < -0.3 is 14.4 Å². The van der Waals surface area contributed by atoms with Crippen LogP contribution in [0.15, 0.2) is 47.0 Å². The molecule has 3 aromatic rings.